The number of aromatic nitrogens is 1. The number of ether oxygens (including phenoxy) is 1. The molecule has 0 radical (unpaired) electrons. The van der Waals surface area contributed by atoms with Crippen LogP contribution in [-0.4, -0.2) is 22.6 Å². The van der Waals surface area contributed by atoms with E-state index in [-0.39, 0.29) is 18.2 Å². The topological polar surface area (TPSA) is 42.4 Å². The van der Waals surface area contributed by atoms with Crippen molar-refractivity contribution in [2.75, 3.05) is 6.61 Å². The average Bonchev–Trinajstić information content (AvgIpc) is 2.80. The molecule has 3 aromatic rings. The number of alkyl halides is 6. The number of fused-ring (bicyclic) bond motifs is 1. The molecule has 200 valence electrons. The second kappa shape index (κ2) is 10.4. The van der Waals surface area contributed by atoms with Crippen LogP contribution in [0.25, 0.3) is 10.9 Å². The molecule has 0 saturated heterocycles. The molecule has 0 aliphatic rings. The number of benzene rings is 2. The van der Waals surface area contributed by atoms with Crippen LogP contribution >= 0.6 is 12.6 Å². The first-order valence-corrected chi connectivity index (χ1v) is 11.8. The minimum absolute atomic E-state index is 0.0458. The highest BCUT2D eigenvalue weighted by molar-refractivity contribution is 7.81. The van der Waals surface area contributed by atoms with E-state index in [1.807, 2.05) is 25.1 Å². The van der Waals surface area contributed by atoms with Gasteiger partial charge < -0.3 is 4.74 Å². The van der Waals surface area contributed by atoms with Crippen molar-refractivity contribution in [2.24, 2.45) is 5.92 Å². The minimum Gasteiger partial charge on any atom is -0.450 e. The summed E-state index contributed by atoms with van der Waals surface area (Å²) in [6.07, 6.45) is -9.49. The molecule has 0 aliphatic carbocycles. The van der Waals surface area contributed by atoms with Crippen LogP contribution in [0.3, 0.4) is 0 Å². The molecular weight excluding hydrogens is 518 g/mol. The fraction of sp³-hybridized carbons (Fsp3) is 0.385. The molecular formula is C26H26F6N2O2S. The third-order valence-corrected chi connectivity index (χ3v) is 7.05. The highest BCUT2D eigenvalue weighted by Gasteiger charge is 2.43. The van der Waals surface area contributed by atoms with Gasteiger partial charge in [0.15, 0.2) is 0 Å². The van der Waals surface area contributed by atoms with Gasteiger partial charge in [-0.3, -0.25) is 9.88 Å². The van der Waals surface area contributed by atoms with Crippen LogP contribution < -0.4 is 0 Å². The molecule has 1 amide bonds. The van der Waals surface area contributed by atoms with Gasteiger partial charge in [0.1, 0.15) is 4.87 Å². The largest absolute Gasteiger partial charge is 0.450 e. The maximum Gasteiger partial charge on any atom is 0.416 e. The Hall–Kier alpha value is -2.95. The zero-order chi connectivity index (χ0) is 27.8. The van der Waals surface area contributed by atoms with Gasteiger partial charge in [0, 0.05) is 17.1 Å². The molecule has 1 heterocycles. The van der Waals surface area contributed by atoms with Crippen LogP contribution in [0.2, 0.25) is 0 Å². The van der Waals surface area contributed by atoms with E-state index in [2.05, 4.69) is 4.98 Å². The summed E-state index contributed by atoms with van der Waals surface area (Å²) < 4.78 is 86.0. The van der Waals surface area contributed by atoms with E-state index >= 15 is 0 Å². The highest BCUT2D eigenvalue weighted by atomic mass is 32.1. The lowest BCUT2D eigenvalue weighted by Crippen LogP contribution is -2.49. The fourth-order valence-electron chi connectivity index (χ4n) is 4.13. The number of carbonyl (C=O) groups excluding carboxylic acids is 1. The number of aryl methyl sites for hydroxylation is 1. The molecule has 1 atom stereocenters. The quantitative estimate of drug-likeness (QED) is 0.194. The number of pyridine rings is 1. The number of thiol groups is 1. The average molecular weight is 545 g/mol. The van der Waals surface area contributed by atoms with Crippen LogP contribution in [0.4, 0.5) is 31.1 Å². The van der Waals surface area contributed by atoms with E-state index in [9.17, 15) is 31.1 Å². The number of hydrogen-bond donors (Lipinski definition) is 1. The third kappa shape index (κ3) is 5.97. The zero-order valence-corrected chi connectivity index (χ0v) is 21.4. The maximum absolute atomic E-state index is 13.5. The number of halogens is 6. The van der Waals surface area contributed by atoms with Gasteiger partial charge >= 0.3 is 18.4 Å². The Morgan fingerprint density at radius 3 is 2.11 bits per heavy atom. The monoisotopic (exact) mass is 544 g/mol. The van der Waals surface area contributed by atoms with Crippen LogP contribution in [0.15, 0.2) is 48.7 Å². The van der Waals surface area contributed by atoms with Crippen molar-refractivity contribution < 1.29 is 35.9 Å². The SMILES string of the molecule is CCOC(=O)N(Cc1cc(C(F)(F)F)cc(C(F)(F)F)c1)C(S)(c1cnc2c(C)cccc2c1)C(C)C. The van der Waals surface area contributed by atoms with E-state index in [1.54, 1.807) is 19.9 Å². The number of hydrogen-bond acceptors (Lipinski definition) is 4. The van der Waals surface area contributed by atoms with Gasteiger partial charge in [0.05, 0.1) is 29.8 Å². The smallest absolute Gasteiger partial charge is 0.416 e. The van der Waals surface area contributed by atoms with Crippen molar-refractivity contribution in [3.05, 3.63) is 76.5 Å². The minimum atomic E-state index is -5.03. The van der Waals surface area contributed by atoms with Gasteiger partial charge in [-0.15, -0.1) is 12.6 Å². The van der Waals surface area contributed by atoms with Crippen molar-refractivity contribution in [1.29, 1.82) is 0 Å². The van der Waals surface area contributed by atoms with Crippen LogP contribution in [0, 0.1) is 12.8 Å². The molecule has 0 fully saturated rings. The van der Waals surface area contributed by atoms with E-state index in [0.717, 1.165) is 15.8 Å². The summed E-state index contributed by atoms with van der Waals surface area (Å²) in [6, 6.07) is 8.50. The lowest BCUT2D eigenvalue weighted by molar-refractivity contribution is -0.143. The Morgan fingerprint density at radius 1 is 1.00 bits per heavy atom. The Labute approximate surface area is 216 Å². The van der Waals surface area contributed by atoms with E-state index in [4.69, 9.17) is 17.4 Å². The Balaban J connectivity index is 2.21. The molecule has 3 rings (SSSR count). The second-order valence-electron chi connectivity index (χ2n) is 8.95. The van der Waals surface area contributed by atoms with Crippen LogP contribution in [0.5, 0.6) is 0 Å². The molecule has 0 bridgehead atoms. The van der Waals surface area contributed by atoms with E-state index < -0.39 is 46.9 Å². The molecule has 2 aromatic carbocycles. The number of nitrogens with zero attached hydrogens (tertiary/aromatic N) is 2. The summed E-state index contributed by atoms with van der Waals surface area (Å²) in [4.78, 5) is 17.2. The maximum atomic E-state index is 13.5. The van der Waals surface area contributed by atoms with Crippen molar-refractivity contribution in [3.8, 4) is 0 Å². The molecule has 11 heteroatoms. The number of para-hydroxylation sites is 1. The predicted molar refractivity (Wildman–Crippen MR) is 131 cm³/mol. The first-order chi connectivity index (χ1) is 17.1. The molecule has 1 aromatic heterocycles. The standard InChI is InChI=1S/C26H26F6N2O2S/c1-5-36-23(35)34(14-17-9-19(25(27,28)29)12-20(10-17)26(30,31)32)24(37,15(2)3)21-11-18-8-6-7-16(4)22(18)33-13-21/h6-13,15,37H,5,14H2,1-4H3. The number of amides is 1. The number of carbonyl (C=O) groups is 1. The molecule has 0 N–H and O–H groups in total. The van der Waals surface area contributed by atoms with Gasteiger partial charge in [0.25, 0.3) is 0 Å². The molecule has 0 spiro atoms. The van der Waals surface area contributed by atoms with Gasteiger partial charge in [-0.2, -0.15) is 26.3 Å². The third-order valence-electron chi connectivity index (χ3n) is 6.03. The fourth-order valence-corrected chi connectivity index (χ4v) is 4.41. The Morgan fingerprint density at radius 2 is 1.59 bits per heavy atom. The summed E-state index contributed by atoms with van der Waals surface area (Å²) in [5, 5.41) is 0.735. The van der Waals surface area contributed by atoms with E-state index in [1.165, 1.54) is 13.1 Å². The summed E-state index contributed by atoms with van der Waals surface area (Å²) in [5.74, 6) is -0.461. The van der Waals surface area contributed by atoms with Crippen molar-refractivity contribution in [1.82, 2.24) is 9.88 Å². The van der Waals surface area contributed by atoms with E-state index in [0.29, 0.717) is 23.2 Å². The van der Waals surface area contributed by atoms with Gasteiger partial charge in [0.2, 0.25) is 0 Å². The summed E-state index contributed by atoms with van der Waals surface area (Å²) in [5.41, 5.74) is -1.28. The number of rotatable bonds is 6. The Kier molecular flexibility index (Phi) is 8.07. The lowest BCUT2D eigenvalue weighted by atomic mass is 9.92. The molecule has 1 unspecified atom stereocenters. The molecule has 0 saturated carbocycles. The lowest BCUT2D eigenvalue weighted by Gasteiger charge is -2.43. The molecule has 4 nitrogen and oxygen atoms in total. The highest BCUT2D eigenvalue weighted by Crippen LogP contribution is 2.43. The predicted octanol–water partition coefficient (Wildman–Crippen LogP) is 7.98. The summed E-state index contributed by atoms with van der Waals surface area (Å²) in [7, 11) is 0. The van der Waals surface area contributed by atoms with Gasteiger partial charge in [-0.1, -0.05) is 32.0 Å². The van der Waals surface area contributed by atoms with Crippen LogP contribution in [-0.2, 0) is 28.5 Å². The van der Waals surface area contributed by atoms with Gasteiger partial charge in [-0.05, 0) is 55.2 Å². The van der Waals surface area contributed by atoms with Gasteiger partial charge in [-0.25, -0.2) is 4.79 Å². The van der Waals surface area contributed by atoms with Crippen molar-refractivity contribution in [2.45, 2.75) is 51.5 Å². The molecule has 0 aliphatic heterocycles. The molecule has 37 heavy (non-hydrogen) atoms. The first kappa shape index (κ1) is 28.6. The van der Waals surface area contributed by atoms with Crippen molar-refractivity contribution >= 4 is 29.6 Å². The van der Waals surface area contributed by atoms with Crippen molar-refractivity contribution in [3.63, 3.8) is 0 Å². The second-order valence-corrected chi connectivity index (χ2v) is 9.63. The first-order valence-electron chi connectivity index (χ1n) is 11.4. The Bertz CT molecular complexity index is 1260. The normalized spacial score (nSPS) is 14.1. The summed E-state index contributed by atoms with van der Waals surface area (Å²) >= 11 is 4.82. The van der Waals surface area contributed by atoms with Crippen LogP contribution in [0.1, 0.15) is 48.6 Å². The summed E-state index contributed by atoms with van der Waals surface area (Å²) in [6.45, 7) is 6.18. The zero-order valence-electron chi connectivity index (χ0n) is 20.5.